The number of rotatable bonds is 4. The highest BCUT2D eigenvalue weighted by Gasteiger charge is 2.42. The quantitative estimate of drug-likeness (QED) is 0.757. The summed E-state index contributed by atoms with van der Waals surface area (Å²) in [6.45, 7) is 0.706. The number of sulfone groups is 1. The molecule has 3 nitrogen and oxygen atoms in total. The molecule has 1 unspecified atom stereocenters. The second-order valence-corrected chi connectivity index (χ2v) is 6.92. The highest BCUT2D eigenvalue weighted by molar-refractivity contribution is 7.92. The molecule has 0 aromatic heterocycles. The lowest BCUT2D eigenvalue weighted by molar-refractivity contribution is 0.148. The topological polar surface area (TPSA) is 60.2 Å². The van der Waals surface area contributed by atoms with Gasteiger partial charge in [0.25, 0.3) is 0 Å². The summed E-state index contributed by atoms with van der Waals surface area (Å²) in [4.78, 5) is 0. The molecular formula is C10H19NO2S. The molecule has 1 atom stereocenters. The number of nitrogens with two attached hydrogens (primary N) is 1. The molecule has 0 aromatic carbocycles. The summed E-state index contributed by atoms with van der Waals surface area (Å²) in [6, 6.07) is 0. The first kappa shape index (κ1) is 10.4. The zero-order valence-corrected chi connectivity index (χ0v) is 9.30. The molecule has 2 fully saturated rings. The van der Waals surface area contributed by atoms with Gasteiger partial charge in [0.15, 0.2) is 9.84 Å². The summed E-state index contributed by atoms with van der Waals surface area (Å²) < 4.78 is 22.2. The lowest BCUT2D eigenvalue weighted by Gasteiger charge is -2.42. The molecule has 1 heterocycles. The molecule has 1 aliphatic heterocycles. The Kier molecular flexibility index (Phi) is 2.84. The average Bonchev–Trinajstić information content (AvgIpc) is 1.95. The minimum atomic E-state index is -2.65. The minimum Gasteiger partial charge on any atom is -0.330 e. The van der Waals surface area contributed by atoms with Crippen molar-refractivity contribution < 1.29 is 8.42 Å². The fourth-order valence-electron chi connectivity index (χ4n) is 2.77. The molecule has 4 heteroatoms. The monoisotopic (exact) mass is 217 g/mol. The Morgan fingerprint density at radius 3 is 2.21 bits per heavy atom. The maximum Gasteiger partial charge on any atom is 0.150 e. The molecule has 0 aromatic rings. The van der Waals surface area contributed by atoms with E-state index in [1.807, 2.05) is 0 Å². The van der Waals surface area contributed by atoms with Gasteiger partial charge in [-0.05, 0) is 30.7 Å². The summed E-state index contributed by atoms with van der Waals surface area (Å²) >= 11 is 0. The first-order valence-corrected chi connectivity index (χ1v) is 7.35. The van der Waals surface area contributed by atoms with Crippen LogP contribution < -0.4 is 5.73 Å². The lowest BCUT2D eigenvalue weighted by Crippen LogP contribution is -2.45. The van der Waals surface area contributed by atoms with E-state index < -0.39 is 9.84 Å². The van der Waals surface area contributed by atoms with Crippen molar-refractivity contribution in [1.29, 1.82) is 0 Å². The van der Waals surface area contributed by atoms with E-state index in [1.54, 1.807) is 0 Å². The zero-order valence-electron chi connectivity index (χ0n) is 8.48. The Morgan fingerprint density at radius 1 is 1.21 bits per heavy atom. The molecule has 14 heavy (non-hydrogen) atoms. The Bertz CT molecular complexity index is 283. The minimum absolute atomic E-state index is 0.425. The van der Waals surface area contributed by atoms with Crippen LogP contribution in [-0.4, -0.2) is 26.5 Å². The van der Waals surface area contributed by atoms with Gasteiger partial charge >= 0.3 is 0 Å². The smallest absolute Gasteiger partial charge is 0.150 e. The molecule has 1 saturated heterocycles. The van der Waals surface area contributed by atoms with E-state index in [-0.39, 0.29) is 0 Å². The van der Waals surface area contributed by atoms with Crippen LogP contribution >= 0.6 is 0 Å². The van der Waals surface area contributed by atoms with Gasteiger partial charge in [-0.25, -0.2) is 8.42 Å². The number of hydrogen-bond donors (Lipinski definition) is 1. The average molecular weight is 217 g/mol. The van der Waals surface area contributed by atoms with Crippen LogP contribution in [0.3, 0.4) is 0 Å². The maximum absolute atomic E-state index is 11.1. The second-order valence-electron chi connectivity index (χ2n) is 4.77. The van der Waals surface area contributed by atoms with E-state index in [4.69, 9.17) is 5.73 Å². The molecule has 2 rings (SSSR count). The van der Waals surface area contributed by atoms with Gasteiger partial charge in [-0.1, -0.05) is 19.3 Å². The fourth-order valence-corrected chi connectivity index (χ4v) is 4.47. The predicted molar refractivity (Wildman–Crippen MR) is 56.6 cm³/mol. The fraction of sp³-hybridized carbons (Fsp3) is 1.00. The number of hydrogen-bond acceptors (Lipinski definition) is 3. The normalized spacial score (nSPS) is 29.2. The molecule has 1 aliphatic carbocycles. The van der Waals surface area contributed by atoms with E-state index >= 15 is 0 Å². The lowest BCUT2D eigenvalue weighted by atomic mass is 9.70. The van der Waals surface area contributed by atoms with Crippen LogP contribution in [0.2, 0.25) is 0 Å². The Morgan fingerprint density at radius 2 is 1.86 bits per heavy atom. The third-order valence-electron chi connectivity index (χ3n) is 3.80. The van der Waals surface area contributed by atoms with E-state index in [0.717, 1.165) is 12.3 Å². The van der Waals surface area contributed by atoms with Crippen molar-refractivity contribution in [2.45, 2.75) is 25.7 Å². The van der Waals surface area contributed by atoms with E-state index in [9.17, 15) is 8.42 Å². The zero-order chi connectivity index (χ0) is 10.2. The van der Waals surface area contributed by atoms with Crippen molar-refractivity contribution in [1.82, 2.24) is 0 Å². The van der Waals surface area contributed by atoms with Gasteiger partial charge in [0.2, 0.25) is 0 Å². The SMILES string of the molecule is NCCC(C1CCC1)C1CS(=O)(=O)C1. The van der Waals surface area contributed by atoms with Crippen LogP contribution in [0.25, 0.3) is 0 Å². The molecule has 82 valence electrons. The van der Waals surface area contributed by atoms with Crippen LogP contribution in [0.5, 0.6) is 0 Å². The maximum atomic E-state index is 11.1. The van der Waals surface area contributed by atoms with Crippen LogP contribution in [0.4, 0.5) is 0 Å². The Balaban J connectivity index is 1.91. The summed E-state index contributed by atoms with van der Waals surface area (Å²) in [6.07, 6.45) is 4.93. The molecule has 2 aliphatic rings. The van der Waals surface area contributed by atoms with Gasteiger partial charge in [0, 0.05) is 0 Å². The third kappa shape index (κ3) is 1.96. The predicted octanol–water partition coefficient (Wildman–Crippen LogP) is 0.796. The van der Waals surface area contributed by atoms with Gasteiger partial charge in [-0.15, -0.1) is 0 Å². The van der Waals surface area contributed by atoms with Crippen LogP contribution in [0.15, 0.2) is 0 Å². The van der Waals surface area contributed by atoms with Gasteiger partial charge < -0.3 is 5.73 Å². The molecular weight excluding hydrogens is 198 g/mol. The standard InChI is InChI=1S/C10H19NO2S/c11-5-4-10(8-2-1-3-8)9-6-14(12,13)7-9/h8-10H,1-7,11H2. The van der Waals surface area contributed by atoms with Gasteiger partial charge in [0.1, 0.15) is 0 Å². The summed E-state index contributed by atoms with van der Waals surface area (Å²) in [5.41, 5.74) is 5.58. The molecule has 1 saturated carbocycles. The van der Waals surface area contributed by atoms with Gasteiger partial charge in [0.05, 0.1) is 11.5 Å². The Labute approximate surface area is 86.0 Å². The van der Waals surface area contributed by atoms with Crippen molar-refractivity contribution in [3.8, 4) is 0 Å². The molecule has 0 amide bonds. The molecule has 0 spiro atoms. The van der Waals surface area contributed by atoms with Crippen molar-refractivity contribution in [2.24, 2.45) is 23.5 Å². The van der Waals surface area contributed by atoms with Crippen molar-refractivity contribution in [3.63, 3.8) is 0 Å². The summed E-state index contributed by atoms with van der Waals surface area (Å²) in [7, 11) is -2.65. The van der Waals surface area contributed by atoms with Crippen molar-refractivity contribution in [2.75, 3.05) is 18.1 Å². The highest BCUT2D eigenvalue weighted by Crippen LogP contribution is 2.42. The van der Waals surface area contributed by atoms with Crippen LogP contribution in [0.1, 0.15) is 25.7 Å². The molecule has 0 radical (unpaired) electrons. The third-order valence-corrected chi connectivity index (χ3v) is 5.67. The molecule has 0 bridgehead atoms. The van der Waals surface area contributed by atoms with E-state index in [0.29, 0.717) is 29.9 Å². The van der Waals surface area contributed by atoms with Crippen LogP contribution in [-0.2, 0) is 9.84 Å². The van der Waals surface area contributed by atoms with E-state index in [2.05, 4.69) is 0 Å². The Hall–Kier alpha value is -0.0900. The highest BCUT2D eigenvalue weighted by atomic mass is 32.2. The first-order valence-electron chi connectivity index (χ1n) is 5.53. The largest absolute Gasteiger partial charge is 0.330 e. The summed E-state index contributed by atoms with van der Waals surface area (Å²) in [5, 5.41) is 0. The first-order chi connectivity index (χ1) is 6.62. The van der Waals surface area contributed by atoms with E-state index in [1.165, 1.54) is 19.3 Å². The van der Waals surface area contributed by atoms with Crippen LogP contribution in [0, 0.1) is 17.8 Å². The second kappa shape index (κ2) is 3.81. The van der Waals surface area contributed by atoms with Gasteiger partial charge in [-0.2, -0.15) is 0 Å². The van der Waals surface area contributed by atoms with Gasteiger partial charge in [-0.3, -0.25) is 0 Å². The van der Waals surface area contributed by atoms with Crippen molar-refractivity contribution in [3.05, 3.63) is 0 Å². The van der Waals surface area contributed by atoms with Crippen molar-refractivity contribution >= 4 is 9.84 Å². The summed E-state index contributed by atoms with van der Waals surface area (Å²) in [5.74, 6) is 2.65. The molecule has 2 N–H and O–H groups in total.